The molecule has 4 saturated carbocycles. The number of carbonyl (C=O) groups is 2. The highest BCUT2D eigenvalue weighted by Gasteiger charge is 2.76. The molecule has 6 heteroatoms. The second-order valence-electron chi connectivity index (χ2n) is 14.1. The van der Waals surface area contributed by atoms with Crippen molar-refractivity contribution in [3.8, 4) is 0 Å². The Morgan fingerprint density at radius 2 is 1.72 bits per heavy atom. The van der Waals surface area contributed by atoms with E-state index in [9.17, 15) is 24.9 Å². The van der Waals surface area contributed by atoms with Gasteiger partial charge in [-0.1, -0.05) is 54.4 Å². The maximum atomic E-state index is 13.8. The maximum absolute atomic E-state index is 13.8. The average molecular weight is 507 g/mol. The van der Waals surface area contributed by atoms with Gasteiger partial charge in [0.15, 0.2) is 0 Å². The van der Waals surface area contributed by atoms with Crippen LogP contribution in [0, 0.1) is 46.3 Å². The van der Waals surface area contributed by atoms with Gasteiger partial charge in [-0.25, -0.2) is 0 Å². The first-order valence-electron chi connectivity index (χ1n) is 14.4. The number of carbonyl (C=O) groups excluding carboxylic acids is 2. The molecule has 4 rings (SSSR count). The minimum atomic E-state index is -1.69. The van der Waals surface area contributed by atoms with Gasteiger partial charge in [0.05, 0.1) is 17.6 Å². The molecule has 0 aromatic carbocycles. The molecule has 0 bridgehead atoms. The zero-order valence-electron chi connectivity index (χ0n) is 23.5. The SMILES string of the molecule is CC(=O)O[C@H]1CC[C@@]2(C)[C@@](O)(CC(=O)[C@H]3[C@@H]4CC[C@H]([C@H](C)CC[C@H](C)C(C)C)[C@@]4(C)C[C@H](O)[C@@]32O)C1. The van der Waals surface area contributed by atoms with Gasteiger partial charge in [0.25, 0.3) is 0 Å². The van der Waals surface area contributed by atoms with Crippen molar-refractivity contribution in [3.63, 3.8) is 0 Å². The average Bonchev–Trinajstić information content (AvgIpc) is 3.09. The number of Topliss-reactive ketones (excluding diaryl/α,β-unsaturated/α-hetero) is 1. The molecular formula is C30H50O6. The molecule has 3 N–H and O–H groups in total. The number of hydrogen-bond acceptors (Lipinski definition) is 6. The third-order valence-corrected chi connectivity index (χ3v) is 12.0. The lowest BCUT2D eigenvalue weighted by atomic mass is 9.39. The van der Waals surface area contributed by atoms with Crippen LogP contribution in [0.4, 0.5) is 0 Å². The first-order chi connectivity index (χ1) is 16.6. The number of rotatable bonds is 6. The van der Waals surface area contributed by atoms with Gasteiger partial charge in [-0.15, -0.1) is 0 Å². The van der Waals surface area contributed by atoms with Crippen molar-refractivity contribution in [1.29, 1.82) is 0 Å². The Balaban J connectivity index is 1.62. The molecule has 11 atom stereocenters. The van der Waals surface area contributed by atoms with Crippen molar-refractivity contribution >= 4 is 11.8 Å². The summed E-state index contributed by atoms with van der Waals surface area (Å²) < 4.78 is 5.41. The summed E-state index contributed by atoms with van der Waals surface area (Å²) in [6, 6.07) is 0. The molecule has 4 fully saturated rings. The minimum Gasteiger partial charge on any atom is -0.462 e. The molecule has 206 valence electrons. The molecule has 0 radical (unpaired) electrons. The zero-order valence-corrected chi connectivity index (χ0v) is 23.5. The van der Waals surface area contributed by atoms with E-state index in [2.05, 4.69) is 34.6 Å². The molecule has 0 aromatic rings. The van der Waals surface area contributed by atoms with Crippen molar-refractivity contribution in [2.75, 3.05) is 0 Å². The smallest absolute Gasteiger partial charge is 0.302 e. The van der Waals surface area contributed by atoms with Crippen LogP contribution in [0.5, 0.6) is 0 Å². The monoisotopic (exact) mass is 506 g/mol. The van der Waals surface area contributed by atoms with Gasteiger partial charge in [0.1, 0.15) is 17.5 Å². The highest BCUT2D eigenvalue weighted by Crippen LogP contribution is 2.70. The summed E-state index contributed by atoms with van der Waals surface area (Å²) >= 11 is 0. The number of aliphatic hydroxyl groups excluding tert-OH is 1. The van der Waals surface area contributed by atoms with Crippen LogP contribution in [-0.2, 0) is 14.3 Å². The Labute approximate surface area is 217 Å². The summed E-state index contributed by atoms with van der Waals surface area (Å²) in [7, 11) is 0. The van der Waals surface area contributed by atoms with Gasteiger partial charge in [-0.2, -0.15) is 0 Å². The van der Waals surface area contributed by atoms with Crippen LogP contribution in [0.1, 0.15) is 106 Å². The Morgan fingerprint density at radius 1 is 1.06 bits per heavy atom. The van der Waals surface area contributed by atoms with Crippen molar-refractivity contribution in [2.45, 2.75) is 130 Å². The zero-order chi connectivity index (χ0) is 26.8. The fourth-order valence-corrected chi connectivity index (χ4v) is 9.37. The molecular weight excluding hydrogens is 456 g/mol. The summed E-state index contributed by atoms with van der Waals surface area (Å²) in [5, 5.41) is 36.0. The van der Waals surface area contributed by atoms with Crippen LogP contribution in [0.25, 0.3) is 0 Å². The second kappa shape index (κ2) is 9.34. The quantitative estimate of drug-likeness (QED) is 0.453. The third-order valence-electron chi connectivity index (χ3n) is 12.0. The standard InChI is InChI=1S/C30H50O6/c1-17(2)18(3)8-9-19(4)22-10-11-23-26-24(32)15-29(34)14-21(36-20(5)31)12-13-28(29,7)30(26,35)25(33)16-27(22,23)6/h17-19,21-23,25-26,33-35H,8-16H2,1-7H3/t18-,19+,21-,22+,23-,25-,26+,27+,28-,29-,30+/m0/s1. The highest BCUT2D eigenvalue weighted by atomic mass is 16.5. The lowest BCUT2D eigenvalue weighted by Crippen LogP contribution is -2.78. The molecule has 0 aromatic heterocycles. The largest absolute Gasteiger partial charge is 0.462 e. The molecule has 4 aliphatic carbocycles. The maximum Gasteiger partial charge on any atom is 0.302 e. The number of aliphatic hydroxyl groups is 3. The van der Waals surface area contributed by atoms with Gasteiger partial charge in [-0.3, -0.25) is 9.59 Å². The second-order valence-corrected chi connectivity index (χ2v) is 14.1. The van der Waals surface area contributed by atoms with Crippen LogP contribution in [0.3, 0.4) is 0 Å². The van der Waals surface area contributed by atoms with E-state index in [1.807, 2.05) is 6.92 Å². The van der Waals surface area contributed by atoms with E-state index in [1.165, 1.54) is 13.3 Å². The van der Waals surface area contributed by atoms with Gasteiger partial charge in [-0.05, 0) is 67.1 Å². The van der Waals surface area contributed by atoms with Gasteiger partial charge < -0.3 is 20.1 Å². The number of fused-ring (bicyclic) bond motifs is 5. The number of hydrogen-bond donors (Lipinski definition) is 3. The van der Waals surface area contributed by atoms with Crippen molar-refractivity contribution in [2.24, 2.45) is 46.3 Å². The fourth-order valence-electron chi connectivity index (χ4n) is 9.37. The lowest BCUT2D eigenvalue weighted by molar-refractivity contribution is -0.310. The van der Waals surface area contributed by atoms with E-state index in [0.717, 1.165) is 19.3 Å². The molecule has 0 spiro atoms. The number of ketones is 1. The van der Waals surface area contributed by atoms with Crippen LogP contribution < -0.4 is 0 Å². The van der Waals surface area contributed by atoms with Crippen LogP contribution in [-0.4, -0.2) is 50.5 Å². The molecule has 4 aliphatic rings. The third kappa shape index (κ3) is 4.00. The Bertz CT molecular complexity index is 872. The fraction of sp³-hybridized carbons (Fsp3) is 0.933. The molecule has 6 nitrogen and oxygen atoms in total. The van der Waals surface area contributed by atoms with Crippen LogP contribution in [0.15, 0.2) is 0 Å². The topological polar surface area (TPSA) is 104 Å². The van der Waals surface area contributed by atoms with E-state index in [0.29, 0.717) is 42.9 Å². The summed E-state index contributed by atoms with van der Waals surface area (Å²) in [6.45, 7) is 14.6. The van der Waals surface area contributed by atoms with Gasteiger partial charge in [0, 0.05) is 25.2 Å². The normalized spacial score (nSPS) is 48.1. The predicted molar refractivity (Wildman–Crippen MR) is 138 cm³/mol. The summed E-state index contributed by atoms with van der Waals surface area (Å²) in [5.74, 6) is 0.998. The summed E-state index contributed by atoms with van der Waals surface area (Å²) in [5.41, 5.74) is -4.47. The Morgan fingerprint density at radius 3 is 2.33 bits per heavy atom. The first-order valence-corrected chi connectivity index (χ1v) is 14.4. The van der Waals surface area contributed by atoms with Crippen molar-refractivity contribution in [3.05, 3.63) is 0 Å². The summed E-state index contributed by atoms with van der Waals surface area (Å²) in [6.07, 6.45) is 4.06. The number of esters is 1. The van der Waals surface area contributed by atoms with E-state index in [4.69, 9.17) is 4.74 Å². The molecule has 36 heavy (non-hydrogen) atoms. The highest BCUT2D eigenvalue weighted by molar-refractivity contribution is 5.86. The van der Waals surface area contributed by atoms with E-state index in [1.54, 1.807) is 0 Å². The molecule has 0 heterocycles. The van der Waals surface area contributed by atoms with Crippen molar-refractivity contribution < 1.29 is 29.6 Å². The van der Waals surface area contributed by atoms with E-state index < -0.39 is 40.7 Å². The Kier molecular flexibility index (Phi) is 7.27. The summed E-state index contributed by atoms with van der Waals surface area (Å²) in [4.78, 5) is 25.4. The van der Waals surface area contributed by atoms with Gasteiger partial charge >= 0.3 is 5.97 Å². The predicted octanol–water partition coefficient (Wildman–Crippen LogP) is 4.67. The lowest BCUT2D eigenvalue weighted by Gasteiger charge is -2.68. The van der Waals surface area contributed by atoms with Gasteiger partial charge in [0.2, 0.25) is 0 Å². The van der Waals surface area contributed by atoms with E-state index >= 15 is 0 Å². The van der Waals surface area contributed by atoms with Crippen LogP contribution >= 0.6 is 0 Å². The number of ether oxygens (including phenoxy) is 1. The molecule has 0 unspecified atom stereocenters. The molecule has 0 aliphatic heterocycles. The Hall–Kier alpha value is -0.980. The first kappa shape index (κ1) is 28.0. The minimum absolute atomic E-state index is 0.000871. The van der Waals surface area contributed by atoms with Crippen LogP contribution in [0.2, 0.25) is 0 Å². The molecule has 0 amide bonds. The van der Waals surface area contributed by atoms with Crippen molar-refractivity contribution in [1.82, 2.24) is 0 Å². The van der Waals surface area contributed by atoms with E-state index in [-0.39, 0.29) is 30.0 Å². The molecule has 0 saturated heterocycles.